The average Bonchev–Trinajstić information content (AvgIpc) is 3.15. The third-order valence-corrected chi connectivity index (χ3v) is 5.29. The van der Waals surface area contributed by atoms with Crippen molar-refractivity contribution in [1.29, 1.82) is 0 Å². The zero-order chi connectivity index (χ0) is 21.2. The molecular formula is C25H36N2O3. The topological polar surface area (TPSA) is 34.2 Å². The highest BCUT2D eigenvalue weighted by Crippen LogP contribution is 2.41. The maximum absolute atomic E-state index is 6.23. The summed E-state index contributed by atoms with van der Waals surface area (Å²) in [5.74, 6) is 0. The molecule has 0 fully saturated rings. The fraction of sp³-hybridized carbons (Fsp3) is 0.520. The van der Waals surface area contributed by atoms with Crippen LogP contribution in [0.15, 0.2) is 42.5 Å². The first-order chi connectivity index (χ1) is 14.8. The molecule has 5 nitrogen and oxygen atoms in total. The number of hydrogen-bond acceptors (Lipinski definition) is 5. The molecule has 0 saturated carbocycles. The number of hydrogen-bond donors (Lipinski definition) is 0. The summed E-state index contributed by atoms with van der Waals surface area (Å²) in [5.41, 5.74) is 6.13. The molecule has 2 aromatic carbocycles. The summed E-state index contributed by atoms with van der Waals surface area (Å²) in [5, 5.41) is 3.20. The molecule has 0 bridgehead atoms. The monoisotopic (exact) mass is 412 g/mol. The summed E-state index contributed by atoms with van der Waals surface area (Å²) in [6.07, 6.45) is 6.99. The van der Waals surface area contributed by atoms with Gasteiger partial charge in [0.05, 0.1) is 30.8 Å². The smallest absolute Gasteiger partial charge is 0.0915 e. The van der Waals surface area contributed by atoms with Gasteiger partial charge >= 0.3 is 0 Å². The van der Waals surface area contributed by atoms with Crippen LogP contribution in [0.3, 0.4) is 0 Å². The number of fused-ring (bicyclic) bond motifs is 3. The van der Waals surface area contributed by atoms with Crippen LogP contribution in [0, 0.1) is 0 Å². The standard InChI is InChI=1S/C25H36N2O3/c1-4-7-17-28-26(27(29-18-8-5-2)30-19-9-6-3)25-16-12-15-23-22-14-11-10-13-21(22)20-24(23)25/h10-16H,4-9,17-20H2,1-3H3. The Balaban J connectivity index is 1.90. The van der Waals surface area contributed by atoms with Crippen molar-refractivity contribution in [3.63, 3.8) is 0 Å². The summed E-state index contributed by atoms with van der Waals surface area (Å²) in [6, 6.07) is 15.0. The van der Waals surface area contributed by atoms with Crippen LogP contribution in [0.1, 0.15) is 70.4 Å². The van der Waals surface area contributed by atoms with Gasteiger partial charge in [-0.3, -0.25) is 14.5 Å². The van der Waals surface area contributed by atoms with Crippen molar-refractivity contribution in [1.82, 2.24) is 5.34 Å². The second-order valence-electron chi connectivity index (χ2n) is 7.71. The first-order valence-electron chi connectivity index (χ1n) is 11.5. The number of hydrazine groups is 1. The van der Waals surface area contributed by atoms with Gasteiger partial charge in [-0.15, -0.1) is 5.17 Å². The normalized spacial score (nSPS) is 12.3. The fourth-order valence-electron chi connectivity index (χ4n) is 3.54. The minimum absolute atomic E-state index is 0.589. The highest BCUT2D eigenvalue weighted by molar-refractivity contribution is 5.81. The number of anilines is 1. The summed E-state index contributed by atoms with van der Waals surface area (Å²) >= 11 is 0. The van der Waals surface area contributed by atoms with Crippen LogP contribution in [-0.4, -0.2) is 25.2 Å². The number of benzene rings is 2. The highest BCUT2D eigenvalue weighted by atomic mass is 17.0. The largest absolute Gasteiger partial charge is 0.254 e. The van der Waals surface area contributed by atoms with Crippen LogP contribution >= 0.6 is 0 Å². The van der Waals surface area contributed by atoms with Crippen molar-refractivity contribution in [2.45, 2.75) is 65.7 Å². The van der Waals surface area contributed by atoms with Crippen LogP contribution in [0.5, 0.6) is 0 Å². The molecule has 0 amide bonds. The minimum atomic E-state index is 0.589. The zero-order valence-electron chi connectivity index (χ0n) is 18.7. The Morgan fingerprint density at radius 3 is 1.97 bits per heavy atom. The predicted octanol–water partition coefficient (Wildman–Crippen LogP) is 6.48. The lowest BCUT2D eigenvalue weighted by atomic mass is 10.1. The second-order valence-corrected chi connectivity index (χ2v) is 7.71. The summed E-state index contributed by atoms with van der Waals surface area (Å²) in [6.45, 7) is 8.26. The van der Waals surface area contributed by atoms with Gasteiger partial charge in [0.25, 0.3) is 0 Å². The van der Waals surface area contributed by atoms with Crippen molar-refractivity contribution in [2.75, 3.05) is 25.0 Å². The van der Waals surface area contributed by atoms with E-state index in [1.807, 2.05) is 0 Å². The van der Waals surface area contributed by atoms with Gasteiger partial charge < -0.3 is 0 Å². The molecule has 0 spiro atoms. The van der Waals surface area contributed by atoms with Crippen LogP contribution in [0.2, 0.25) is 0 Å². The summed E-state index contributed by atoms with van der Waals surface area (Å²) in [7, 11) is 0. The van der Waals surface area contributed by atoms with E-state index in [9.17, 15) is 0 Å². The van der Waals surface area contributed by atoms with Crippen LogP contribution in [0.25, 0.3) is 11.1 Å². The molecule has 0 aliphatic heterocycles. The Hall–Kier alpha value is -1.92. The van der Waals surface area contributed by atoms with E-state index in [1.165, 1.54) is 27.6 Å². The summed E-state index contributed by atoms with van der Waals surface area (Å²) < 4.78 is 0. The van der Waals surface area contributed by atoms with Gasteiger partial charge in [0.15, 0.2) is 0 Å². The third-order valence-electron chi connectivity index (χ3n) is 5.29. The molecule has 2 aromatic rings. The number of nitrogens with zero attached hydrogens (tertiary/aromatic N) is 2. The Morgan fingerprint density at radius 2 is 1.30 bits per heavy atom. The van der Waals surface area contributed by atoms with Crippen molar-refractivity contribution in [3.8, 4) is 11.1 Å². The van der Waals surface area contributed by atoms with E-state index >= 15 is 0 Å². The van der Waals surface area contributed by atoms with E-state index in [0.717, 1.165) is 50.6 Å². The molecule has 0 radical (unpaired) electrons. The minimum Gasteiger partial charge on any atom is -0.254 e. The maximum Gasteiger partial charge on any atom is 0.0915 e. The molecule has 1 aliphatic carbocycles. The lowest BCUT2D eigenvalue weighted by molar-refractivity contribution is -0.406. The predicted molar refractivity (Wildman–Crippen MR) is 122 cm³/mol. The van der Waals surface area contributed by atoms with Crippen LogP contribution < -0.4 is 5.17 Å². The first kappa shape index (κ1) is 22.8. The van der Waals surface area contributed by atoms with E-state index in [0.29, 0.717) is 19.8 Å². The van der Waals surface area contributed by atoms with Crippen LogP contribution in [-0.2, 0) is 20.9 Å². The van der Waals surface area contributed by atoms with Gasteiger partial charge in [0, 0.05) is 6.42 Å². The third kappa shape index (κ3) is 5.61. The van der Waals surface area contributed by atoms with Gasteiger partial charge in [-0.05, 0) is 47.6 Å². The lowest BCUT2D eigenvalue weighted by Crippen LogP contribution is -2.44. The Morgan fingerprint density at radius 1 is 0.700 bits per heavy atom. The lowest BCUT2D eigenvalue weighted by Gasteiger charge is -2.33. The molecular weight excluding hydrogens is 376 g/mol. The zero-order valence-corrected chi connectivity index (χ0v) is 18.7. The van der Waals surface area contributed by atoms with Gasteiger partial charge in [0.1, 0.15) is 0 Å². The SMILES string of the molecule is CCCCON(OCCCC)N(OCCCC)c1cccc2c1Cc1ccccc1-2. The first-order valence-corrected chi connectivity index (χ1v) is 11.5. The van der Waals surface area contributed by atoms with E-state index in [4.69, 9.17) is 14.5 Å². The molecule has 30 heavy (non-hydrogen) atoms. The Kier molecular flexibility index (Phi) is 9.15. The molecule has 0 N–H and O–H groups in total. The van der Waals surface area contributed by atoms with Crippen LogP contribution in [0.4, 0.5) is 5.69 Å². The van der Waals surface area contributed by atoms with Crippen molar-refractivity contribution in [3.05, 3.63) is 53.6 Å². The van der Waals surface area contributed by atoms with Gasteiger partial charge in [0.2, 0.25) is 0 Å². The average molecular weight is 413 g/mol. The molecule has 3 rings (SSSR count). The molecule has 5 heteroatoms. The number of rotatable bonds is 14. The van der Waals surface area contributed by atoms with E-state index in [2.05, 4.69) is 63.2 Å². The van der Waals surface area contributed by atoms with E-state index < -0.39 is 0 Å². The quantitative estimate of drug-likeness (QED) is 0.224. The molecule has 0 heterocycles. The Labute approximate surface area is 181 Å². The van der Waals surface area contributed by atoms with E-state index in [1.54, 1.807) is 5.17 Å². The highest BCUT2D eigenvalue weighted by Gasteiger charge is 2.28. The van der Waals surface area contributed by atoms with Gasteiger partial charge in [-0.2, -0.15) is 0 Å². The van der Waals surface area contributed by atoms with Crippen molar-refractivity contribution in [2.24, 2.45) is 0 Å². The van der Waals surface area contributed by atoms with Gasteiger partial charge in [-0.1, -0.05) is 76.4 Å². The Bertz CT molecular complexity index is 771. The molecule has 0 unspecified atom stereocenters. The maximum atomic E-state index is 6.23. The van der Waals surface area contributed by atoms with E-state index in [-0.39, 0.29) is 0 Å². The fourth-order valence-corrected chi connectivity index (χ4v) is 3.54. The summed E-state index contributed by atoms with van der Waals surface area (Å²) in [4.78, 5) is 18.3. The molecule has 0 aromatic heterocycles. The van der Waals surface area contributed by atoms with Crippen molar-refractivity contribution < 1.29 is 14.5 Å². The molecule has 164 valence electrons. The van der Waals surface area contributed by atoms with Gasteiger partial charge in [-0.25, -0.2) is 0 Å². The molecule has 0 atom stereocenters. The van der Waals surface area contributed by atoms with Crippen molar-refractivity contribution >= 4 is 5.69 Å². The molecule has 1 aliphatic rings. The second kappa shape index (κ2) is 12.1. The number of unbranched alkanes of at least 4 members (excludes halogenated alkanes) is 3. The molecule has 0 saturated heterocycles.